The molecule has 3 nitrogen and oxygen atoms in total. The van der Waals surface area contributed by atoms with Crippen LogP contribution in [0.4, 0.5) is 0 Å². The van der Waals surface area contributed by atoms with Gasteiger partial charge in [-0.2, -0.15) is 0 Å². The molecule has 3 aromatic carbocycles. The van der Waals surface area contributed by atoms with Crippen molar-refractivity contribution in [3.8, 4) is 0 Å². The Morgan fingerprint density at radius 3 is 2.27 bits per heavy atom. The average Bonchev–Trinajstić information content (AvgIpc) is 2.59. The second-order valence-corrected chi connectivity index (χ2v) is 4.98. The molecule has 0 bridgehead atoms. The van der Waals surface area contributed by atoms with E-state index < -0.39 is 5.97 Å². The van der Waals surface area contributed by atoms with Crippen LogP contribution in [0.25, 0.3) is 10.8 Å². The zero-order valence-corrected chi connectivity index (χ0v) is 12.2. The van der Waals surface area contributed by atoms with E-state index in [1.807, 2.05) is 73.7 Å². The van der Waals surface area contributed by atoms with Crippen LogP contribution in [0.1, 0.15) is 22.8 Å². The van der Waals surface area contributed by atoms with Gasteiger partial charge in [0, 0.05) is 0 Å². The van der Waals surface area contributed by atoms with Crippen LogP contribution in [0.5, 0.6) is 0 Å². The van der Waals surface area contributed by atoms with Gasteiger partial charge in [0.2, 0.25) is 0 Å². The maximum absolute atomic E-state index is 12.1. The molecule has 3 rings (SSSR count). The lowest BCUT2D eigenvalue weighted by atomic mass is 10.1. The third kappa shape index (κ3) is 3.04. The van der Waals surface area contributed by atoms with Crippen molar-refractivity contribution in [3.63, 3.8) is 0 Å². The first-order chi connectivity index (χ1) is 10.7. The van der Waals surface area contributed by atoms with E-state index in [4.69, 9.17) is 4.84 Å². The van der Waals surface area contributed by atoms with E-state index in [9.17, 15) is 4.79 Å². The molecule has 0 saturated heterocycles. The van der Waals surface area contributed by atoms with Gasteiger partial charge in [-0.25, -0.2) is 4.79 Å². The van der Waals surface area contributed by atoms with Crippen LogP contribution in [0.15, 0.2) is 78.0 Å². The minimum atomic E-state index is -0.457. The molecule has 22 heavy (non-hydrogen) atoms. The van der Waals surface area contributed by atoms with Crippen molar-refractivity contribution in [3.05, 3.63) is 83.9 Å². The first-order valence-corrected chi connectivity index (χ1v) is 7.04. The summed E-state index contributed by atoms with van der Waals surface area (Å²) in [6.07, 6.45) is 0. The zero-order chi connectivity index (χ0) is 15.4. The summed E-state index contributed by atoms with van der Waals surface area (Å²) < 4.78 is 0. The van der Waals surface area contributed by atoms with Gasteiger partial charge in [-0.1, -0.05) is 65.8 Å². The van der Waals surface area contributed by atoms with Crippen LogP contribution in [-0.2, 0) is 4.84 Å². The van der Waals surface area contributed by atoms with Gasteiger partial charge in [0.1, 0.15) is 0 Å². The molecule has 3 aromatic rings. The molecule has 0 atom stereocenters. The minimum Gasteiger partial charge on any atom is -0.313 e. The fourth-order valence-electron chi connectivity index (χ4n) is 2.21. The third-order valence-corrected chi connectivity index (χ3v) is 3.44. The Morgan fingerprint density at radius 1 is 0.818 bits per heavy atom. The molecule has 0 aliphatic carbocycles. The number of carbonyl (C=O) groups excluding carboxylic acids is 1. The molecule has 0 fully saturated rings. The van der Waals surface area contributed by atoms with E-state index in [-0.39, 0.29) is 0 Å². The topological polar surface area (TPSA) is 38.7 Å². The van der Waals surface area contributed by atoms with E-state index in [1.54, 1.807) is 6.07 Å². The summed E-state index contributed by atoms with van der Waals surface area (Å²) in [5.41, 5.74) is 2.08. The molecular weight excluding hydrogens is 274 g/mol. The molecule has 0 aliphatic heterocycles. The van der Waals surface area contributed by atoms with Crippen molar-refractivity contribution in [1.29, 1.82) is 0 Å². The molecule has 108 valence electrons. The molecule has 3 heteroatoms. The van der Waals surface area contributed by atoms with Crippen molar-refractivity contribution in [2.45, 2.75) is 6.92 Å². The van der Waals surface area contributed by atoms with Gasteiger partial charge in [-0.15, -0.1) is 0 Å². The van der Waals surface area contributed by atoms with Crippen molar-refractivity contribution in [2.24, 2.45) is 5.16 Å². The summed E-state index contributed by atoms with van der Waals surface area (Å²) >= 11 is 0. The van der Waals surface area contributed by atoms with Gasteiger partial charge in [0.25, 0.3) is 0 Å². The van der Waals surface area contributed by atoms with Crippen molar-refractivity contribution in [2.75, 3.05) is 0 Å². The highest BCUT2D eigenvalue weighted by molar-refractivity contribution is 5.99. The smallest absolute Gasteiger partial charge is 0.313 e. The predicted octanol–water partition coefficient (Wildman–Crippen LogP) is 4.42. The van der Waals surface area contributed by atoms with E-state index in [2.05, 4.69) is 5.16 Å². The molecule has 0 aliphatic rings. The Labute approximate surface area is 128 Å². The first-order valence-electron chi connectivity index (χ1n) is 7.04. The lowest BCUT2D eigenvalue weighted by molar-refractivity contribution is 0.0516. The highest BCUT2D eigenvalue weighted by atomic mass is 16.7. The fraction of sp³-hybridized carbons (Fsp3) is 0.0526. The van der Waals surface area contributed by atoms with Gasteiger partial charge in [-0.05, 0) is 35.4 Å². The van der Waals surface area contributed by atoms with Gasteiger partial charge in [0.05, 0.1) is 11.3 Å². The van der Waals surface area contributed by atoms with Gasteiger partial charge >= 0.3 is 5.97 Å². The van der Waals surface area contributed by atoms with Crippen LogP contribution < -0.4 is 0 Å². The number of carbonyl (C=O) groups is 1. The monoisotopic (exact) mass is 289 g/mol. The number of hydrogen-bond donors (Lipinski definition) is 0. The maximum Gasteiger partial charge on any atom is 0.365 e. The number of hydrogen-bond acceptors (Lipinski definition) is 3. The molecule has 0 saturated carbocycles. The van der Waals surface area contributed by atoms with E-state index in [0.717, 1.165) is 16.3 Å². The molecule has 0 N–H and O–H groups in total. The Morgan fingerprint density at radius 2 is 1.50 bits per heavy atom. The lowest BCUT2D eigenvalue weighted by Crippen LogP contribution is -2.03. The summed E-state index contributed by atoms with van der Waals surface area (Å²) in [5, 5.41) is 6.00. The Bertz CT molecular complexity index is 838. The molecule has 0 aromatic heterocycles. The van der Waals surface area contributed by atoms with Crippen LogP contribution in [0, 0.1) is 0 Å². The number of oxime groups is 1. The molecule has 0 unspecified atom stereocenters. The van der Waals surface area contributed by atoms with E-state index >= 15 is 0 Å². The molecular formula is C19H15NO2. The predicted molar refractivity (Wildman–Crippen MR) is 88.0 cm³/mol. The highest BCUT2D eigenvalue weighted by Gasteiger charge is 2.08. The van der Waals surface area contributed by atoms with E-state index in [1.165, 1.54) is 0 Å². The zero-order valence-electron chi connectivity index (χ0n) is 12.2. The molecule has 0 heterocycles. The lowest BCUT2D eigenvalue weighted by Gasteiger charge is -2.03. The minimum absolute atomic E-state index is 0.457. The van der Waals surface area contributed by atoms with Crippen LogP contribution in [0.3, 0.4) is 0 Å². The Kier molecular flexibility index (Phi) is 3.97. The summed E-state index contributed by atoms with van der Waals surface area (Å²) in [7, 11) is 0. The summed E-state index contributed by atoms with van der Waals surface area (Å²) in [5.74, 6) is -0.457. The summed E-state index contributed by atoms with van der Waals surface area (Å²) in [6, 6.07) is 22.9. The van der Waals surface area contributed by atoms with Crippen LogP contribution in [-0.4, -0.2) is 11.7 Å². The first kappa shape index (κ1) is 14.0. The van der Waals surface area contributed by atoms with Crippen LogP contribution >= 0.6 is 0 Å². The van der Waals surface area contributed by atoms with Gasteiger partial charge < -0.3 is 4.84 Å². The largest absolute Gasteiger partial charge is 0.365 e. The van der Waals surface area contributed by atoms with Crippen molar-refractivity contribution < 1.29 is 9.63 Å². The number of fused-ring (bicyclic) bond motifs is 1. The quantitative estimate of drug-likeness (QED) is 0.406. The van der Waals surface area contributed by atoms with Crippen LogP contribution in [0.2, 0.25) is 0 Å². The fourth-order valence-corrected chi connectivity index (χ4v) is 2.21. The average molecular weight is 289 g/mol. The Balaban J connectivity index is 1.78. The Hall–Kier alpha value is -2.94. The van der Waals surface area contributed by atoms with Gasteiger partial charge in [0.15, 0.2) is 0 Å². The van der Waals surface area contributed by atoms with Crippen molar-refractivity contribution in [1.82, 2.24) is 0 Å². The van der Waals surface area contributed by atoms with Gasteiger partial charge in [-0.3, -0.25) is 0 Å². The standard InChI is InChI=1S/C19H15NO2/c1-14(15-7-3-2-4-8-15)20-22-19(21)18-12-11-16-9-5-6-10-17(16)13-18/h2-13H,1H3. The number of benzene rings is 3. The normalized spacial score (nSPS) is 11.4. The summed E-state index contributed by atoms with van der Waals surface area (Å²) in [6.45, 7) is 1.81. The molecule has 0 radical (unpaired) electrons. The second kappa shape index (κ2) is 6.22. The highest BCUT2D eigenvalue weighted by Crippen LogP contribution is 2.16. The molecule has 0 spiro atoms. The maximum atomic E-state index is 12.1. The molecule has 0 amide bonds. The number of rotatable bonds is 3. The third-order valence-electron chi connectivity index (χ3n) is 3.44. The van der Waals surface area contributed by atoms with Crippen molar-refractivity contribution >= 4 is 22.5 Å². The number of nitrogens with zero attached hydrogens (tertiary/aromatic N) is 1. The SMILES string of the molecule is CC(=NOC(=O)c1ccc2ccccc2c1)c1ccccc1. The van der Waals surface area contributed by atoms with E-state index in [0.29, 0.717) is 11.3 Å². The second-order valence-electron chi connectivity index (χ2n) is 4.98. The summed E-state index contributed by atoms with van der Waals surface area (Å²) in [4.78, 5) is 17.1.